The van der Waals surface area contributed by atoms with E-state index in [0.717, 1.165) is 0 Å². The van der Waals surface area contributed by atoms with Crippen LogP contribution in [0.4, 0.5) is 19.3 Å². The largest absolute Gasteiger partial charge is 0.433 e. The molecule has 0 radical (unpaired) electrons. The summed E-state index contributed by atoms with van der Waals surface area (Å²) in [5, 5.41) is 4.37. The van der Waals surface area contributed by atoms with Gasteiger partial charge in [0.15, 0.2) is 0 Å². The van der Waals surface area contributed by atoms with Gasteiger partial charge in [0.2, 0.25) is 5.91 Å². The highest BCUT2D eigenvalue weighted by atomic mass is 19.3. The van der Waals surface area contributed by atoms with Gasteiger partial charge in [-0.05, 0) is 12.1 Å². The van der Waals surface area contributed by atoms with Crippen molar-refractivity contribution >= 4 is 17.6 Å². The highest BCUT2D eigenvalue weighted by molar-refractivity contribution is 5.95. The number of carbonyl (C=O) groups excluding carboxylic acids is 2. The van der Waals surface area contributed by atoms with E-state index in [1.165, 1.54) is 18.2 Å². The van der Waals surface area contributed by atoms with Crippen LogP contribution in [0.1, 0.15) is 0 Å². The number of hydrogen-bond donors (Lipinski definition) is 3. The van der Waals surface area contributed by atoms with E-state index in [0.29, 0.717) is 0 Å². The summed E-state index contributed by atoms with van der Waals surface area (Å²) in [7, 11) is 0. The monoisotopic (exact) mass is 259 g/mol. The van der Waals surface area contributed by atoms with Gasteiger partial charge in [-0.25, -0.2) is 4.79 Å². The number of para-hydroxylation sites is 2. The lowest BCUT2D eigenvalue weighted by Gasteiger charge is -2.11. The smallest absolute Gasteiger partial charge is 0.387 e. The van der Waals surface area contributed by atoms with E-state index in [9.17, 15) is 18.4 Å². The third kappa shape index (κ3) is 4.64. The SMILES string of the molecule is NC(=O)NC(=O)CNc1ccccc1OC(F)F. The molecule has 1 rings (SSSR count). The molecule has 0 fully saturated rings. The molecule has 98 valence electrons. The lowest BCUT2D eigenvalue weighted by Crippen LogP contribution is -2.38. The number of primary amides is 1. The standard InChI is InChI=1S/C10H11F2N3O3/c11-9(12)18-7-4-2-1-3-6(7)14-5-8(16)15-10(13)17/h1-4,9,14H,5H2,(H3,13,15,16,17). The average Bonchev–Trinajstić information content (AvgIpc) is 2.26. The molecule has 0 aliphatic carbocycles. The third-order valence-electron chi connectivity index (χ3n) is 1.81. The first-order valence-corrected chi connectivity index (χ1v) is 4.86. The fourth-order valence-corrected chi connectivity index (χ4v) is 1.17. The van der Waals surface area contributed by atoms with Crippen LogP contribution in [0.2, 0.25) is 0 Å². The zero-order chi connectivity index (χ0) is 13.5. The maximum absolute atomic E-state index is 12.1. The van der Waals surface area contributed by atoms with Gasteiger partial charge < -0.3 is 15.8 Å². The number of carbonyl (C=O) groups is 2. The quantitative estimate of drug-likeness (QED) is 0.732. The van der Waals surface area contributed by atoms with Crippen molar-refractivity contribution in [3.8, 4) is 5.75 Å². The van der Waals surface area contributed by atoms with Gasteiger partial charge >= 0.3 is 12.6 Å². The van der Waals surface area contributed by atoms with Crippen LogP contribution in [0.25, 0.3) is 0 Å². The van der Waals surface area contributed by atoms with Crippen molar-refractivity contribution in [2.75, 3.05) is 11.9 Å². The van der Waals surface area contributed by atoms with Gasteiger partial charge in [0.25, 0.3) is 0 Å². The van der Waals surface area contributed by atoms with Gasteiger partial charge in [0.05, 0.1) is 12.2 Å². The topological polar surface area (TPSA) is 93.5 Å². The summed E-state index contributed by atoms with van der Waals surface area (Å²) >= 11 is 0. The molecule has 0 aliphatic heterocycles. The Labute approximate surface area is 101 Å². The molecular weight excluding hydrogens is 248 g/mol. The normalized spacial score (nSPS) is 9.94. The molecule has 0 saturated heterocycles. The van der Waals surface area contributed by atoms with Crippen LogP contribution in [0.15, 0.2) is 24.3 Å². The van der Waals surface area contributed by atoms with E-state index >= 15 is 0 Å². The minimum Gasteiger partial charge on any atom is -0.433 e. The molecule has 1 aromatic rings. The van der Waals surface area contributed by atoms with Crippen LogP contribution >= 0.6 is 0 Å². The molecule has 0 unspecified atom stereocenters. The Kier molecular flexibility index (Phi) is 4.85. The number of rotatable bonds is 5. The molecular formula is C10H11F2N3O3. The lowest BCUT2D eigenvalue weighted by atomic mass is 10.3. The van der Waals surface area contributed by atoms with Gasteiger partial charge in [-0.2, -0.15) is 8.78 Å². The minimum absolute atomic E-state index is 0.0978. The molecule has 0 bridgehead atoms. The number of urea groups is 1. The Balaban J connectivity index is 2.61. The van der Waals surface area contributed by atoms with Crippen LogP contribution in [0.3, 0.4) is 0 Å². The highest BCUT2D eigenvalue weighted by Gasteiger charge is 2.10. The van der Waals surface area contributed by atoms with Gasteiger partial charge in [-0.1, -0.05) is 12.1 Å². The van der Waals surface area contributed by atoms with Crippen LogP contribution in [0, 0.1) is 0 Å². The number of nitrogens with two attached hydrogens (primary N) is 1. The van der Waals surface area contributed by atoms with Crippen LogP contribution in [0.5, 0.6) is 5.75 Å². The number of anilines is 1. The predicted octanol–water partition coefficient (Wildman–Crippen LogP) is 0.895. The van der Waals surface area contributed by atoms with Crippen molar-refractivity contribution in [2.24, 2.45) is 5.73 Å². The zero-order valence-electron chi connectivity index (χ0n) is 9.15. The van der Waals surface area contributed by atoms with E-state index in [2.05, 4.69) is 10.1 Å². The summed E-state index contributed by atoms with van der Waals surface area (Å²) in [6, 6.07) is 4.87. The molecule has 8 heteroatoms. The van der Waals surface area contributed by atoms with E-state index in [1.807, 2.05) is 5.32 Å². The van der Waals surface area contributed by atoms with Gasteiger partial charge in [-0.15, -0.1) is 0 Å². The Morgan fingerprint density at radius 3 is 2.61 bits per heavy atom. The molecule has 0 heterocycles. The Hall–Kier alpha value is -2.38. The summed E-state index contributed by atoms with van der Waals surface area (Å²) in [5.74, 6) is -0.784. The molecule has 0 saturated carbocycles. The van der Waals surface area contributed by atoms with Crippen LogP contribution in [-0.2, 0) is 4.79 Å². The van der Waals surface area contributed by atoms with E-state index in [-0.39, 0.29) is 18.0 Å². The fraction of sp³-hybridized carbons (Fsp3) is 0.200. The number of hydrogen-bond acceptors (Lipinski definition) is 4. The molecule has 6 nitrogen and oxygen atoms in total. The lowest BCUT2D eigenvalue weighted by molar-refractivity contribution is -0.118. The molecule has 0 atom stereocenters. The first-order valence-electron chi connectivity index (χ1n) is 4.86. The summed E-state index contributed by atoms with van der Waals surface area (Å²) < 4.78 is 28.4. The second-order valence-corrected chi connectivity index (χ2v) is 3.14. The van der Waals surface area contributed by atoms with E-state index < -0.39 is 18.5 Å². The van der Waals surface area contributed by atoms with Crippen molar-refractivity contribution in [3.63, 3.8) is 0 Å². The number of imide groups is 1. The van der Waals surface area contributed by atoms with Crippen LogP contribution < -0.4 is 21.1 Å². The van der Waals surface area contributed by atoms with Crippen LogP contribution in [-0.4, -0.2) is 25.1 Å². The number of halogens is 2. The zero-order valence-corrected chi connectivity index (χ0v) is 9.15. The molecule has 0 aromatic heterocycles. The Bertz CT molecular complexity index is 440. The Morgan fingerprint density at radius 2 is 2.00 bits per heavy atom. The van der Waals surface area contributed by atoms with E-state index in [4.69, 9.17) is 5.73 Å². The van der Waals surface area contributed by atoms with Gasteiger partial charge in [0.1, 0.15) is 5.75 Å². The predicted molar refractivity (Wildman–Crippen MR) is 59.3 cm³/mol. The van der Waals surface area contributed by atoms with Crippen molar-refractivity contribution in [1.82, 2.24) is 5.32 Å². The molecule has 3 amide bonds. The fourth-order valence-electron chi connectivity index (χ4n) is 1.17. The first-order chi connectivity index (χ1) is 8.49. The average molecular weight is 259 g/mol. The Morgan fingerprint density at radius 1 is 1.33 bits per heavy atom. The van der Waals surface area contributed by atoms with Crippen molar-refractivity contribution in [2.45, 2.75) is 6.61 Å². The number of ether oxygens (including phenoxy) is 1. The third-order valence-corrected chi connectivity index (χ3v) is 1.81. The van der Waals surface area contributed by atoms with E-state index in [1.54, 1.807) is 6.07 Å². The number of nitrogens with one attached hydrogen (secondary N) is 2. The molecule has 0 aliphatic rings. The van der Waals surface area contributed by atoms with Crippen molar-refractivity contribution < 1.29 is 23.1 Å². The number of amides is 3. The maximum Gasteiger partial charge on any atom is 0.387 e. The van der Waals surface area contributed by atoms with Crippen molar-refractivity contribution in [1.29, 1.82) is 0 Å². The summed E-state index contributed by atoms with van der Waals surface area (Å²) in [4.78, 5) is 21.5. The molecule has 1 aromatic carbocycles. The van der Waals surface area contributed by atoms with Gasteiger partial charge in [0, 0.05) is 0 Å². The second-order valence-electron chi connectivity index (χ2n) is 3.14. The summed E-state index contributed by atoms with van der Waals surface area (Å²) in [6.07, 6.45) is 0. The minimum atomic E-state index is -2.97. The highest BCUT2D eigenvalue weighted by Crippen LogP contribution is 2.24. The molecule has 4 N–H and O–H groups in total. The maximum atomic E-state index is 12.1. The van der Waals surface area contributed by atoms with Crippen molar-refractivity contribution in [3.05, 3.63) is 24.3 Å². The second kappa shape index (κ2) is 6.38. The number of benzene rings is 1. The first kappa shape index (κ1) is 13.7. The number of alkyl halides is 2. The summed E-state index contributed by atoms with van der Waals surface area (Å²) in [5.41, 5.74) is 4.94. The van der Waals surface area contributed by atoms with Gasteiger partial charge in [-0.3, -0.25) is 10.1 Å². The summed E-state index contributed by atoms with van der Waals surface area (Å²) in [6.45, 7) is -3.26. The molecule has 0 spiro atoms. The molecule has 18 heavy (non-hydrogen) atoms.